The maximum atomic E-state index is 13.2. The molecule has 10 heteroatoms. The maximum absolute atomic E-state index is 13.2. The standard InChI is InChI=1S/C26H32N2O6S2/c1-5-33-25(31)20-17-11-10-13(2)12-19(17)36-24(20)28-22(30)14(3)34-26(32)21-16-8-6-7-9-18(16)35-23(21)27-15(4)29/h13-14H,5-12H2,1-4H3,(H,27,29)(H,28,30). The third-order valence-electron chi connectivity index (χ3n) is 6.55. The molecule has 8 nitrogen and oxygen atoms in total. The van der Waals surface area contributed by atoms with Gasteiger partial charge in [0.2, 0.25) is 5.91 Å². The number of carbonyl (C=O) groups excluding carboxylic acids is 4. The number of ether oxygens (including phenoxy) is 2. The number of fused-ring (bicyclic) bond motifs is 2. The molecule has 0 bridgehead atoms. The number of esters is 2. The molecule has 0 radical (unpaired) electrons. The zero-order valence-electron chi connectivity index (χ0n) is 21.1. The largest absolute Gasteiger partial charge is 0.462 e. The number of anilines is 2. The Morgan fingerprint density at radius 3 is 2.31 bits per heavy atom. The minimum absolute atomic E-state index is 0.239. The number of nitrogens with one attached hydrogen (secondary N) is 2. The van der Waals surface area contributed by atoms with Crippen LogP contribution >= 0.6 is 22.7 Å². The molecule has 2 atom stereocenters. The highest BCUT2D eigenvalue weighted by molar-refractivity contribution is 7.17. The minimum atomic E-state index is -1.10. The summed E-state index contributed by atoms with van der Waals surface area (Å²) in [4.78, 5) is 52.9. The fraction of sp³-hybridized carbons (Fsp3) is 0.538. The van der Waals surface area contributed by atoms with E-state index in [4.69, 9.17) is 9.47 Å². The zero-order chi connectivity index (χ0) is 26.0. The maximum Gasteiger partial charge on any atom is 0.342 e. The van der Waals surface area contributed by atoms with Gasteiger partial charge in [-0.25, -0.2) is 9.59 Å². The van der Waals surface area contributed by atoms with Crippen LogP contribution in [0.1, 0.15) is 88.6 Å². The first-order chi connectivity index (χ1) is 17.2. The summed E-state index contributed by atoms with van der Waals surface area (Å²) in [5, 5.41) is 6.47. The lowest BCUT2D eigenvalue weighted by Crippen LogP contribution is -2.30. The highest BCUT2D eigenvalue weighted by Crippen LogP contribution is 2.41. The lowest BCUT2D eigenvalue weighted by atomic mass is 9.88. The van der Waals surface area contributed by atoms with E-state index in [1.165, 1.54) is 36.5 Å². The van der Waals surface area contributed by atoms with Crippen molar-refractivity contribution in [3.8, 4) is 0 Å². The normalized spacial score (nSPS) is 17.4. The summed E-state index contributed by atoms with van der Waals surface area (Å²) in [7, 11) is 0. The van der Waals surface area contributed by atoms with Crippen LogP contribution in [0.4, 0.5) is 10.0 Å². The van der Waals surface area contributed by atoms with Crippen LogP contribution in [0.3, 0.4) is 0 Å². The number of rotatable bonds is 7. The zero-order valence-corrected chi connectivity index (χ0v) is 22.7. The summed E-state index contributed by atoms with van der Waals surface area (Å²) in [6, 6.07) is 0. The summed E-state index contributed by atoms with van der Waals surface area (Å²) in [5.74, 6) is -1.37. The van der Waals surface area contributed by atoms with Crippen molar-refractivity contribution in [3.05, 3.63) is 32.0 Å². The lowest BCUT2D eigenvalue weighted by Gasteiger charge is -2.18. The summed E-state index contributed by atoms with van der Waals surface area (Å²) in [5.41, 5.74) is 2.60. The Balaban J connectivity index is 1.53. The van der Waals surface area contributed by atoms with Crippen LogP contribution in [0.2, 0.25) is 0 Å². The third-order valence-corrected chi connectivity index (χ3v) is 8.92. The average Bonchev–Trinajstić information content (AvgIpc) is 3.35. The van der Waals surface area contributed by atoms with Gasteiger partial charge in [0.25, 0.3) is 5.91 Å². The molecule has 2 N–H and O–H groups in total. The Labute approximate surface area is 218 Å². The second-order valence-electron chi connectivity index (χ2n) is 9.41. The van der Waals surface area contributed by atoms with Gasteiger partial charge >= 0.3 is 11.9 Å². The van der Waals surface area contributed by atoms with Crippen LogP contribution in [0.5, 0.6) is 0 Å². The van der Waals surface area contributed by atoms with E-state index in [-0.39, 0.29) is 12.5 Å². The Morgan fingerprint density at radius 2 is 1.58 bits per heavy atom. The predicted molar refractivity (Wildman–Crippen MR) is 140 cm³/mol. The van der Waals surface area contributed by atoms with Gasteiger partial charge in [-0.1, -0.05) is 6.92 Å². The smallest absolute Gasteiger partial charge is 0.342 e. The molecule has 0 aromatic carbocycles. The molecule has 4 rings (SSSR count). The van der Waals surface area contributed by atoms with Crippen molar-refractivity contribution >= 4 is 56.4 Å². The molecule has 2 unspecified atom stereocenters. The van der Waals surface area contributed by atoms with Crippen molar-refractivity contribution in [1.29, 1.82) is 0 Å². The molecule has 0 saturated heterocycles. The topological polar surface area (TPSA) is 111 Å². The molecule has 0 aliphatic heterocycles. The highest BCUT2D eigenvalue weighted by Gasteiger charge is 2.32. The second-order valence-corrected chi connectivity index (χ2v) is 11.6. The lowest BCUT2D eigenvalue weighted by molar-refractivity contribution is -0.123. The number of aryl methyl sites for hydroxylation is 1. The molecule has 0 spiro atoms. The number of hydrogen-bond acceptors (Lipinski definition) is 8. The summed E-state index contributed by atoms with van der Waals surface area (Å²) < 4.78 is 10.8. The van der Waals surface area contributed by atoms with Crippen molar-refractivity contribution in [1.82, 2.24) is 0 Å². The van der Waals surface area contributed by atoms with Crippen molar-refractivity contribution in [3.63, 3.8) is 0 Å². The number of carbonyl (C=O) groups is 4. The van der Waals surface area contributed by atoms with E-state index in [0.29, 0.717) is 27.0 Å². The summed E-state index contributed by atoms with van der Waals surface area (Å²) in [6.45, 7) is 7.06. The molecule has 0 fully saturated rings. The van der Waals surface area contributed by atoms with E-state index in [0.717, 1.165) is 65.8 Å². The van der Waals surface area contributed by atoms with E-state index in [9.17, 15) is 19.2 Å². The fourth-order valence-corrected chi connectivity index (χ4v) is 7.50. The van der Waals surface area contributed by atoms with Crippen LogP contribution in [-0.2, 0) is 44.7 Å². The first-order valence-corrected chi connectivity index (χ1v) is 14.1. The van der Waals surface area contributed by atoms with Crippen molar-refractivity contribution in [2.24, 2.45) is 5.92 Å². The van der Waals surface area contributed by atoms with E-state index in [1.54, 1.807) is 6.92 Å². The molecule has 2 heterocycles. The van der Waals surface area contributed by atoms with Gasteiger partial charge in [0, 0.05) is 16.7 Å². The fourth-order valence-electron chi connectivity index (χ4n) is 4.77. The minimum Gasteiger partial charge on any atom is -0.462 e. The Kier molecular flexibility index (Phi) is 8.14. The first kappa shape index (κ1) is 26.3. The molecule has 2 aliphatic rings. The van der Waals surface area contributed by atoms with Gasteiger partial charge in [0.1, 0.15) is 10.0 Å². The van der Waals surface area contributed by atoms with Crippen LogP contribution in [0, 0.1) is 5.92 Å². The molecule has 2 aromatic heterocycles. The molecule has 2 aromatic rings. The van der Waals surface area contributed by atoms with Gasteiger partial charge in [-0.3, -0.25) is 9.59 Å². The molecular weight excluding hydrogens is 500 g/mol. The van der Waals surface area contributed by atoms with Crippen molar-refractivity contribution in [2.45, 2.75) is 78.7 Å². The van der Waals surface area contributed by atoms with Crippen LogP contribution in [0.25, 0.3) is 0 Å². The van der Waals surface area contributed by atoms with Gasteiger partial charge in [0.15, 0.2) is 6.10 Å². The van der Waals surface area contributed by atoms with Crippen LogP contribution in [-0.4, -0.2) is 36.5 Å². The van der Waals surface area contributed by atoms with Gasteiger partial charge in [-0.2, -0.15) is 0 Å². The van der Waals surface area contributed by atoms with Crippen molar-refractivity contribution < 1.29 is 28.7 Å². The Hall–Kier alpha value is -2.72. The number of thiophene rings is 2. The van der Waals surface area contributed by atoms with Crippen LogP contribution in [0.15, 0.2) is 0 Å². The number of amides is 2. The summed E-state index contributed by atoms with van der Waals surface area (Å²) in [6.07, 6.45) is 5.06. The Bertz CT molecular complexity index is 1200. The molecule has 36 heavy (non-hydrogen) atoms. The second kappa shape index (κ2) is 11.1. The SMILES string of the molecule is CCOC(=O)c1c(NC(=O)C(C)OC(=O)c2c(NC(C)=O)sc3c2CCCC3)sc2c1CCC(C)C2. The molecule has 194 valence electrons. The van der Waals surface area contributed by atoms with Gasteiger partial charge in [-0.15, -0.1) is 22.7 Å². The van der Waals surface area contributed by atoms with Crippen molar-refractivity contribution in [2.75, 3.05) is 17.2 Å². The van der Waals surface area contributed by atoms with E-state index >= 15 is 0 Å². The average molecular weight is 533 g/mol. The molecular formula is C26H32N2O6S2. The van der Waals surface area contributed by atoms with E-state index in [2.05, 4.69) is 17.6 Å². The molecule has 0 saturated carbocycles. The quantitative estimate of drug-likeness (QED) is 0.478. The third kappa shape index (κ3) is 5.49. The molecule has 2 amide bonds. The first-order valence-electron chi connectivity index (χ1n) is 12.4. The van der Waals surface area contributed by atoms with Gasteiger partial charge in [0.05, 0.1) is 17.7 Å². The Morgan fingerprint density at radius 1 is 0.944 bits per heavy atom. The van der Waals surface area contributed by atoms with E-state index < -0.39 is 23.9 Å². The van der Waals surface area contributed by atoms with Gasteiger partial charge < -0.3 is 20.1 Å². The summed E-state index contributed by atoms with van der Waals surface area (Å²) >= 11 is 2.79. The van der Waals surface area contributed by atoms with Crippen LogP contribution < -0.4 is 10.6 Å². The monoisotopic (exact) mass is 532 g/mol. The number of hydrogen-bond donors (Lipinski definition) is 2. The van der Waals surface area contributed by atoms with Gasteiger partial charge in [-0.05, 0) is 75.8 Å². The van der Waals surface area contributed by atoms with E-state index in [1.807, 2.05) is 0 Å². The predicted octanol–water partition coefficient (Wildman–Crippen LogP) is 5.13. The molecule has 2 aliphatic carbocycles. The highest BCUT2D eigenvalue weighted by atomic mass is 32.1.